The molecule has 1 aromatic carbocycles. The first-order valence-electron chi connectivity index (χ1n) is 8.29. The van der Waals surface area contributed by atoms with E-state index in [0.29, 0.717) is 36.7 Å². The molecule has 0 saturated carbocycles. The number of benzene rings is 1. The van der Waals surface area contributed by atoms with Crippen molar-refractivity contribution in [3.8, 4) is 11.5 Å². The number of nitrogens with zero attached hydrogens (tertiary/aromatic N) is 2. The Balaban J connectivity index is 1.56. The summed E-state index contributed by atoms with van der Waals surface area (Å²) in [6, 6.07) is 5.28. The Hall–Kier alpha value is -2.08. The van der Waals surface area contributed by atoms with E-state index < -0.39 is 0 Å². The van der Waals surface area contributed by atoms with E-state index in [4.69, 9.17) is 9.47 Å². The highest BCUT2D eigenvalue weighted by Gasteiger charge is 2.28. The van der Waals surface area contributed by atoms with Gasteiger partial charge in [-0.1, -0.05) is 20.8 Å². The van der Waals surface area contributed by atoms with Crippen molar-refractivity contribution in [3.05, 3.63) is 23.8 Å². The number of carbonyl (C=O) groups excluding carboxylic acids is 2. The molecule has 2 heterocycles. The molecule has 2 aliphatic rings. The predicted octanol–water partition coefficient (Wildman–Crippen LogP) is 1.79. The monoisotopic (exact) mass is 332 g/mol. The fraction of sp³-hybridized carbons (Fsp3) is 0.556. The average Bonchev–Trinajstić information content (AvgIpc) is 3.01. The molecule has 1 aromatic rings. The predicted molar refractivity (Wildman–Crippen MR) is 89.4 cm³/mol. The molecule has 3 rings (SSSR count). The maximum atomic E-state index is 12.6. The van der Waals surface area contributed by atoms with Crippen LogP contribution in [0, 0.1) is 5.41 Å². The first-order valence-corrected chi connectivity index (χ1v) is 8.29. The summed E-state index contributed by atoms with van der Waals surface area (Å²) in [6.07, 6.45) is 0. The summed E-state index contributed by atoms with van der Waals surface area (Å²) in [7, 11) is 0. The molecule has 1 amide bonds. The second kappa shape index (κ2) is 6.43. The molecule has 130 valence electrons. The molecular weight excluding hydrogens is 308 g/mol. The molecule has 2 aliphatic heterocycles. The van der Waals surface area contributed by atoms with E-state index in [-0.39, 0.29) is 23.9 Å². The van der Waals surface area contributed by atoms with Crippen LogP contribution in [0.15, 0.2) is 18.2 Å². The minimum atomic E-state index is -0.320. The van der Waals surface area contributed by atoms with E-state index in [1.54, 1.807) is 18.2 Å². The Morgan fingerprint density at radius 2 is 1.71 bits per heavy atom. The highest BCUT2D eigenvalue weighted by atomic mass is 16.7. The van der Waals surface area contributed by atoms with Crippen LogP contribution in [-0.4, -0.2) is 61.0 Å². The summed E-state index contributed by atoms with van der Waals surface area (Å²) in [6.45, 7) is 9.17. The number of ether oxygens (including phenoxy) is 2. The Morgan fingerprint density at radius 3 is 2.38 bits per heavy atom. The van der Waals surface area contributed by atoms with E-state index in [1.807, 2.05) is 25.7 Å². The van der Waals surface area contributed by atoms with Gasteiger partial charge in [-0.3, -0.25) is 14.5 Å². The van der Waals surface area contributed by atoms with Gasteiger partial charge >= 0.3 is 0 Å². The van der Waals surface area contributed by atoms with Crippen LogP contribution in [0.2, 0.25) is 0 Å². The summed E-state index contributed by atoms with van der Waals surface area (Å²) in [5.74, 6) is 1.53. The van der Waals surface area contributed by atoms with Crippen molar-refractivity contribution in [1.82, 2.24) is 9.80 Å². The zero-order valence-electron chi connectivity index (χ0n) is 14.5. The van der Waals surface area contributed by atoms with Gasteiger partial charge in [-0.05, 0) is 18.2 Å². The summed E-state index contributed by atoms with van der Waals surface area (Å²) in [5, 5.41) is 0. The van der Waals surface area contributed by atoms with Gasteiger partial charge in [0.15, 0.2) is 17.3 Å². The van der Waals surface area contributed by atoms with Crippen molar-refractivity contribution >= 4 is 11.7 Å². The number of hydrogen-bond donors (Lipinski definition) is 0. The third-order valence-electron chi connectivity index (χ3n) is 4.48. The molecule has 0 atom stereocenters. The molecule has 24 heavy (non-hydrogen) atoms. The molecule has 0 spiro atoms. The first kappa shape index (κ1) is 16.8. The minimum absolute atomic E-state index is 0.00454. The zero-order valence-corrected chi connectivity index (χ0v) is 14.5. The standard InChI is InChI=1S/C18H24N2O4/c1-18(2,3)16(21)11-19-6-8-20(9-7-19)17(22)13-4-5-14-15(10-13)24-12-23-14/h4-5,10H,6-9,11-12H2,1-3H3. The van der Waals surface area contributed by atoms with Crippen LogP contribution in [0.3, 0.4) is 0 Å². The molecule has 0 bridgehead atoms. The topological polar surface area (TPSA) is 59.1 Å². The Morgan fingerprint density at radius 1 is 1.04 bits per heavy atom. The van der Waals surface area contributed by atoms with Gasteiger partial charge in [0.2, 0.25) is 6.79 Å². The number of Topliss-reactive ketones (excluding diaryl/α,β-unsaturated/α-hetero) is 1. The van der Waals surface area contributed by atoms with E-state index in [2.05, 4.69) is 4.90 Å². The lowest BCUT2D eigenvalue weighted by Crippen LogP contribution is -2.50. The van der Waals surface area contributed by atoms with E-state index in [0.717, 1.165) is 13.1 Å². The summed E-state index contributed by atoms with van der Waals surface area (Å²) in [4.78, 5) is 28.7. The molecule has 0 radical (unpaired) electrons. The van der Waals surface area contributed by atoms with Crippen LogP contribution in [0.1, 0.15) is 31.1 Å². The summed E-state index contributed by atoms with van der Waals surface area (Å²) >= 11 is 0. The van der Waals surface area contributed by atoms with Crippen molar-refractivity contribution in [1.29, 1.82) is 0 Å². The van der Waals surface area contributed by atoms with Crippen LogP contribution in [-0.2, 0) is 4.79 Å². The lowest BCUT2D eigenvalue weighted by atomic mass is 9.90. The van der Waals surface area contributed by atoms with Crippen molar-refractivity contribution in [2.45, 2.75) is 20.8 Å². The third-order valence-corrected chi connectivity index (χ3v) is 4.48. The number of ketones is 1. The number of rotatable bonds is 3. The van der Waals surface area contributed by atoms with Gasteiger partial charge in [0.1, 0.15) is 0 Å². The molecule has 1 fully saturated rings. The zero-order chi connectivity index (χ0) is 17.3. The van der Waals surface area contributed by atoms with Gasteiger partial charge in [0, 0.05) is 37.2 Å². The van der Waals surface area contributed by atoms with Crippen molar-refractivity contribution in [3.63, 3.8) is 0 Å². The second-order valence-corrected chi connectivity index (χ2v) is 7.31. The van der Waals surface area contributed by atoms with Crippen molar-refractivity contribution < 1.29 is 19.1 Å². The molecule has 0 aromatic heterocycles. The number of piperazine rings is 1. The third kappa shape index (κ3) is 3.53. The number of amides is 1. The van der Waals surface area contributed by atoms with Gasteiger partial charge in [0.05, 0.1) is 6.54 Å². The van der Waals surface area contributed by atoms with Crippen LogP contribution in [0.4, 0.5) is 0 Å². The highest BCUT2D eigenvalue weighted by Crippen LogP contribution is 2.32. The molecule has 6 nitrogen and oxygen atoms in total. The van der Waals surface area contributed by atoms with Crippen LogP contribution in [0.5, 0.6) is 11.5 Å². The van der Waals surface area contributed by atoms with Gasteiger partial charge in [-0.2, -0.15) is 0 Å². The lowest BCUT2D eigenvalue weighted by Gasteiger charge is -2.35. The molecule has 0 aliphatic carbocycles. The lowest BCUT2D eigenvalue weighted by molar-refractivity contribution is -0.127. The van der Waals surface area contributed by atoms with Crippen molar-refractivity contribution in [2.75, 3.05) is 39.5 Å². The Bertz CT molecular complexity index is 643. The quantitative estimate of drug-likeness (QED) is 0.844. The summed E-state index contributed by atoms with van der Waals surface area (Å²) < 4.78 is 10.6. The molecule has 0 unspecified atom stereocenters. The largest absolute Gasteiger partial charge is 0.454 e. The summed E-state index contributed by atoms with van der Waals surface area (Å²) in [5.41, 5.74) is 0.290. The Labute approximate surface area is 142 Å². The SMILES string of the molecule is CC(C)(C)C(=O)CN1CCN(C(=O)c2ccc3c(c2)OCO3)CC1. The van der Waals surface area contributed by atoms with E-state index >= 15 is 0 Å². The van der Waals surface area contributed by atoms with Crippen LogP contribution in [0.25, 0.3) is 0 Å². The van der Waals surface area contributed by atoms with Gasteiger partial charge in [-0.25, -0.2) is 0 Å². The molecular formula is C18H24N2O4. The van der Waals surface area contributed by atoms with Gasteiger partial charge in [0.25, 0.3) is 5.91 Å². The van der Waals surface area contributed by atoms with E-state index in [1.165, 1.54) is 0 Å². The number of carbonyl (C=O) groups is 2. The molecule has 6 heteroatoms. The number of hydrogen-bond acceptors (Lipinski definition) is 5. The van der Waals surface area contributed by atoms with Crippen LogP contribution >= 0.6 is 0 Å². The van der Waals surface area contributed by atoms with Gasteiger partial charge < -0.3 is 14.4 Å². The normalized spacial score (nSPS) is 17.9. The second-order valence-electron chi connectivity index (χ2n) is 7.31. The maximum absolute atomic E-state index is 12.6. The smallest absolute Gasteiger partial charge is 0.254 e. The van der Waals surface area contributed by atoms with Gasteiger partial charge in [-0.15, -0.1) is 0 Å². The fourth-order valence-corrected chi connectivity index (χ4v) is 2.76. The Kier molecular flexibility index (Phi) is 4.49. The number of fused-ring (bicyclic) bond motifs is 1. The van der Waals surface area contributed by atoms with Crippen molar-refractivity contribution in [2.24, 2.45) is 5.41 Å². The van der Waals surface area contributed by atoms with E-state index in [9.17, 15) is 9.59 Å². The van der Waals surface area contributed by atoms with Crippen LogP contribution < -0.4 is 9.47 Å². The minimum Gasteiger partial charge on any atom is -0.454 e. The first-order chi connectivity index (χ1) is 11.3. The molecule has 0 N–H and O–H groups in total. The molecule has 1 saturated heterocycles. The maximum Gasteiger partial charge on any atom is 0.254 e. The fourth-order valence-electron chi connectivity index (χ4n) is 2.76. The highest BCUT2D eigenvalue weighted by molar-refractivity contribution is 5.95. The average molecular weight is 332 g/mol.